The van der Waals surface area contributed by atoms with Crippen LogP contribution >= 0.6 is 22.9 Å². The molecule has 4 heterocycles. The Bertz CT molecular complexity index is 1530. The van der Waals surface area contributed by atoms with Crippen molar-refractivity contribution in [3.05, 3.63) is 41.0 Å². The predicted molar refractivity (Wildman–Crippen MR) is 145 cm³/mol. The number of aromatic nitrogens is 2. The van der Waals surface area contributed by atoms with Crippen LogP contribution in [0.3, 0.4) is 0 Å². The molecular weight excluding hydrogens is 590 g/mol. The van der Waals surface area contributed by atoms with Crippen LogP contribution in [0.5, 0.6) is 5.75 Å². The van der Waals surface area contributed by atoms with Gasteiger partial charge in [-0.05, 0) is 38.4 Å². The molecule has 0 aliphatic carbocycles. The minimum Gasteiger partial charge on any atom is -0.491 e. The van der Waals surface area contributed by atoms with E-state index >= 15 is 0 Å². The molecule has 39 heavy (non-hydrogen) atoms. The van der Waals surface area contributed by atoms with Crippen molar-refractivity contribution in [1.29, 1.82) is 0 Å². The van der Waals surface area contributed by atoms with Crippen molar-refractivity contribution in [2.45, 2.75) is 46.9 Å². The Balaban J connectivity index is 1.10. The van der Waals surface area contributed by atoms with Gasteiger partial charge in [-0.25, -0.2) is 26.5 Å². The van der Waals surface area contributed by atoms with Gasteiger partial charge in [0.25, 0.3) is 10.0 Å². The largest absolute Gasteiger partial charge is 0.491 e. The second-order valence-corrected chi connectivity index (χ2v) is 14.6. The van der Waals surface area contributed by atoms with Crippen molar-refractivity contribution < 1.29 is 31.4 Å². The third-order valence-corrected chi connectivity index (χ3v) is 11.5. The van der Waals surface area contributed by atoms with Crippen LogP contribution in [0.1, 0.15) is 19.3 Å². The molecule has 2 atom stereocenters. The highest BCUT2D eigenvalue weighted by molar-refractivity contribution is 7.89. The Morgan fingerprint density at radius 3 is 2.82 bits per heavy atom. The van der Waals surface area contributed by atoms with Crippen LogP contribution in [0.15, 0.2) is 45.8 Å². The lowest BCUT2D eigenvalue weighted by Crippen LogP contribution is -2.47. The molecule has 1 unspecified atom stereocenters. The van der Waals surface area contributed by atoms with Crippen LogP contribution in [-0.2, 0) is 24.8 Å². The fraction of sp³-hybridized carbons (Fsp3) is 0.522. The number of sulfonamides is 2. The fourth-order valence-corrected chi connectivity index (χ4v) is 8.57. The van der Waals surface area contributed by atoms with Crippen molar-refractivity contribution in [2.75, 3.05) is 39.9 Å². The molecule has 214 valence electrons. The summed E-state index contributed by atoms with van der Waals surface area (Å²) in [7, 11) is -6.07. The lowest BCUT2D eigenvalue weighted by Gasteiger charge is -2.37. The standard InChI is InChI=1S/C23H30ClN5O7S3/c1-25-38(31,32)19-4-2-3-18(11-19)35-15-17(30)13-26-16-12-23(36-14-16)5-7-28(8-6-23)39(33,34)21-20(24)27-22-29(21)9-10-37-22/h2-4,9-11,16-17,25-26,30H,5-8,12-15H2,1H3/t16?,17-/m0/s1. The number of halogens is 1. The molecule has 2 fully saturated rings. The van der Waals surface area contributed by atoms with E-state index in [1.165, 1.54) is 39.2 Å². The number of hydrogen-bond acceptors (Lipinski definition) is 10. The van der Waals surface area contributed by atoms with E-state index in [-0.39, 0.29) is 34.3 Å². The van der Waals surface area contributed by atoms with Gasteiger partial charge < -0.3 is 19.9 Å². The van der Waals surface area contributed by atoms with Gasteiger partial charge in [0.2, 0.25) is 10.0 Å². The smallest absolute Gasteiger partial charge is 0.262 e. The molecule has 3 aromatic rings. The molecule has 3 N–H and O–H groups in total. The number of nitrogens with one attached hydrogen (secondary N) is 2. The molecular formula is C23H30ClN5O7S3. The normalized spacial score (nSPS) is 21.1. The third-order valence-electron chi connectivity index (χ3n) is 7.07. The molecule has 12 nitrogen and oxygen atoms in total. The minimum atomic E-state index is -3.82. The average molecular weight is 620 g/mol. The Labute approximate surface area is 236 Å². The van der Waals surface area contributed by atoms with Gasteiger partial charge in [0.15, 0.2) is 15.1 Å². The van der Waals surface area contributed by atoms with E-state index in [9.17, 15) is 21.9 Å². The van der Waals surface area contributed by atoms with E-state index < -0.39 is 31.8 Å². The molecule has 2 aliphatic rings. The first-order chi connectivity index (χ1) is 18.5. The number of aliphatic hydroxyl groups is 1. The molecule has 2 aliphatic heterocycles. The Hall–Kier alpha value is -1.82. The zero-order chi connectivity index (χ0) is 27.8. The lowest BCUT2D eigenvalue weighted by atomic mass is 9.88. The van der Waals surface area contributed by atoms with Crippen molar-refractivity contribution in [3.63, 3.8) is 0 Å². The number of fused-ring (bicyclic) bond motifs is 1. The summed E-state index contributed by atoms with van der Waals surface area (Å²) in [5.74, 6) is 0.340. The summed E-state index contributed by atoms with van der Waals surface area (Å²) in [5, 5.41) is 15.4. The number of nitrogens with zero attached hydrogens (tertiary/aromatic N) is 3. The summed E-state index contributed by atoms with van der Waals surface area (Å²) in [6.45, 7) is 1.31. The molecule has 16 heteroatoms. The molecule has 2 saturated heterocycles. The van der Waals surface area contributed by atoms with Gasteiger partial charge in [0.05, 0.1) is 17.1 Å². The average Bonchev–Trinajstić information content (AvgIpc) is 3.61. The van der Waals surface area contributed by atoms with Crippen LogP contribution in [0.2, 0.25) is 5.15 Å². The first-order valence-electron chi connectivity index (χ1n) is 12.4. The Morgan fingerprint density at radius 2 is 2.08 bits per heavy atom. The molecule has 0 radical (unpaired) electrons. The van der Waals surface area contributed by atoms with Crippen LogP contribution in [0.4, 0.5) is 0 Å². The quantitative estimate of drug-likeness (QED) is 0.305. The topological polar surface area (TPSA) is 152 Å². The van der Waals surface area contributed by atoms with Gasteiger partial charge in [0, 0.05) is 43.3 Å². The first kappa shape index (κ1) is 28.7. The predicted octanol–water partition coefficient (Wildman–Crippen LogP) is 1.30. The second-order valence-electron chi connectivity index (χ2n) is 9.62. The Morgan fingerprint density at radius 1 is 1.31 bits per heavy atom. The summed E-state index contributed by atoms with van der Waals surface area (Å²) in [6, 6.07) is 6.06. The lowest BCUT2D eigenvalue weighted by molar-refractivity contribution is -0.0312. The van der Waals surface area contributed by atoms with E-state index in [1.54, 1.807) is 23.7 Å². The van der Waals surface area contributed by atoms with E-state index in [0.717, 1.165) is 0 Å². The van der Waals surface area contributed by atoms with E-state index in [1.807, 2.05) is 0 Å². The number of imidazole rings is 1. The second kappa shape index (κ2) is 11.2. The van der Waals surface area contributed by atoms with Crippen molar-refractivity contribution >= 4 is 47.9 Å². The highest BCUT2D eigenvalue weighted by atomic mass is 35.5. The van der Waals surface area contributed by atoms with E-state index in [2.05, 4.69) is 15.0 Å². The van der Waals surface area contributed by atoms with Crippen molar-refractivity contribution in [3.8, 4) is 5.75 Å². The molecule has 1 spiro atoms. The van der Waals surface area contributed by atoms with Gasteiger partial charge in [-0.3, -0.25) is 4.40 Å². The van der Waals surface area contributed by atoms with Gasteiger partial charge >= 0.3 is 0 Å². The Kier molecular flexibility index (Phi) is 8.25. The highest BCUT2D eigenvalue weighted by Gasteiger charge is 2.45. The zero-order valence-corrected chi connectivity index (χ0v) is 24.3. The summed E-state index contributed by atoms with van der Waals surface area (Å²) in [4.78, 5) is 4.76. The maximum Gasteiger partial charge on any atom is 0.262 e. The SMILES string of the molecule is CNS(=O)(=O)c1cccc(OC[C@@H](O)CNC2COC3(CCN(S(=O)(=O)c4c(Cl)nc5sccn45)CC3)C2)c1. The summed E-state index contributed by atoms with van der Waals surface area (Å²) in [5.41, 5.74) is -0.427. The van der Waals surface area contributed by atoms with Crippen LogP contribution in [0, 0.1) is 0 Å². The van der Waals surface area contributed by atoms with Gasteiger partial charge in [-0.1, -0.05) is 17.7 Å². The number of benzene rings is 1. The highest BCUT2D eigenvalue weighted by Crippen LogP contribution is 2.38. The first-order valence-corrected chi connectivity index (χ1v) is 16.5. The summed E-state index contributed by atoms with van der Waals surface area (Å²) < 4.78 is 67.5. The van der Waals surface area contributed by atoms with E-state index in [4.69, 9.17) is 21.1 Å². The molecule has 1 aromatic carbocycles. The molecule has 0 saturated carbocycles. The molecule has 0 bridgehead atoms. The third kappa shape index (κ3) is 5.96. The van der Waals surface area contributed by atoms with Crippen LogP contribution in [-0.4, -0.2) is 93.3 Å². The number of ether oxygens (including phenoxy) is 2. The number of piperidine rings is 1. The molecule has 5 rings (SSSR count). The fourth-order valence-electron chi connectivity index (χ4n) is 4.95. The van der Waals surface area contributed by atoms with Crippen LogP contribution < -0.4 is 14.8 Å². The van der Waals surface area contributed by atoms with E-state index in [0.29, 0.717) is 49.7 Å². The molecule has 0 amide bonds. The molecule has 2 aromatic heterocycles. The number of aliphatic hydroxyl groups excluding tert-OH is 1. The van der Waals surface area contributed by atoms with Gasteiger partial charge in [-0.15, -0.1) is 11.3 Å². The van der Waals surface area contributed by atoms with Gasteiger partial charge in [0.1, 0.15) is 18.5 Å². The van der Waals surface area contributed by atoms with Gasteiger partial charge in [-0.2, -0.15) is 4.31 Å². The van der Waals surface area contributed by atoms with Crippen molar-refractivity contribution in [1.82, 2.24) is 23.7 Å². The maximum atomic E-state index is 13.3. The maximum absolute atomic E-state index is 13.3. The minimum absolute atomic E-state index is 0.00149. The zero-order valence-electron chi connectivity index (χ0n) is 21.1. The summed E-state index contributed by atoms with van der Waals surface area (Å²) in [6.07, 6.45) is 2.61. The summed E-state index contributed by atoms with van der Waals surface area (Å²) >= 11 is 7.50. The number of rotatable bonds is 10. The monoisotopic (exact) mass is 619 g/mol. The number of thiazole rings is 1. The number of hydrogen-bond donors (Lipinski definition) is 3. The van der Waals surface area contributed by atoms with Crippen LogP contribution in [0.25, 0.3) is 4.96 Å². The van der Waals surface area contributed by atoms with Crippen molar-refractivity contribution in [2.24, 2.45) is 0 Å².